The SMILES string of the molecule is CCC[N+](=O)COC(C)C. The largest absolute Gasteiger partial charge is 0.318 e. The highest BCUT2D eigenvalue weighted by molar-refractivity contribution is 4.30. The van der Waals surface area contributed by atoms with Gasteiger partial charge in [0.15, 0.2) is 6.54 Å². The van der Waals surface area contributed by atoms with Gasteiger partial charge in [-0.3, -0.25) is 0 Å². The molecule has 0 aromatic carbocycles. The van der Waals surface area contributed by atoms with E-state index < -0.39 is 0 Å². The van der Waals surface area contributed by atoms with Gasteiger partial charge in [-0.05, 0) is 13.8 Å². The number of rotatable bonds is 5. The highest BCUT2D eigenvalue weighted by Crippen LogP contribution is 1.88. The molecule has 0 aromatic rings. The summed E-state index contributed by atoms with van der Waals surface area (Å²) in [6.45, 7) is 6.57. The minimum Gasteiger partial charge on any atom is -0.318 e. The van der Waals surface area contributed by atoms with Crippen LogP contribution in [-0.4, -0.2) is 24.1 Å². The molecule has 10 heavy (non-hydrogen) atoms. The van der Waals surface area contributed by atoms with Crippen LogP contribution in [0.3, 0.4) is 0 Å². The first-order valence-electron chi connectivity index (χ1n) is 3.70. The van der Waals surface area contributed by atoms with Gasteiger partial charge in [-0.1, -0.05) is 6.92 Å². The van der Waals surface area contributed by atoms with Gasteiger partial charge >= 0.3 is 0 Å². The molecule has 0 heterocycles. The number of hydrogen-bond donors (Lipinski definition) is 0. The summed E-state index contributed by atoms with van der Waals surface area (Å²) in [6, 6.07) is 0. The van der Waals surface area contributed by atoms with Crippen molar-refractivity contribution in [2.45, 2.75) is 33.3 Å². The van der Waals surface area contributed by atoms with Crippen LogP contribution in [0.2, 0.25) is 0 Å². The van der Waals surface area contributed by atoms with Crippen LogP contribution in [0, 0.1) is 4.91 Å². The molecule has 3 nitrogen and oxygen atoms in total. The molecular weight excluding hydrogens is 130 g/mol. The molecule has 0 aromatic heterocycles. The van der Waals surface area contributed by atoms with E-state index in [4.69, 9.17) is 4.74 Å². The van der Waals surface area contributed by atoms with Crippen molar-refractivity contribution in [2.24, 2.45) is 0 Å². The summed E-state index contributed by atoms with van der Waals surface area (Å²) in [6.07, 6.45) is 1.03. The number of hydrogen-bond acceptors (Lipinski definition) is 2. The molecule has 0 aliphatic heterocycles. The van der Waals surface area contributed by atoms with E-state index in [1.54, 1.807) is 0 Å². The van der Waals surface area contributed by atoms with Crippen molar-refractivity contribution < 1.29 is 9.50 Å². The summed E-state index contributed by atoms with van der Waals surface area (Å²) in [4.78, 5) is 10.7. The van der Waals surface area contributed by atoms with Crippen LogP contribution in [0.1, 0.15) is 27.2 Å². The standard InChI is InChI=1S/C7H16NO2/c1-4-5-8(9)6-10-7(2)3/h7H,4-6H2,1-3H3/q+1. The van der Waals surface area contributed by atoms with Crippen LogP contribution in [0.15, 0.2) is 0 Å². The van der Waals surface area contributed by atoms with Gasteiger partial charge < -0.3 is 4.74 Å². The molecule has 0 saturated heterocycles. The van der Waals surface area contributed by atoms with Crippen LogP contribution in [0.25, 0.3) is 0 Å². The monoisotopic (exact) mass is 146 g/mol. The van der Waals surface area contributed by atoms with E-state index in [0.29, 0.717) is 6.54 Å². The van der Waals surface area contributed by atoms with Crippen molar-refractivity contribution in [3.63, 3.8) is 0 Å². The second-order valence-electron chi connectivity index (χ2n) is 2.55. The number of nitroso groups, excluding NO2 is 1. The topological polar surface area (TPSA) is 29.3 Å². The fourth-order valence-corrected chi connectivity index (χ4v) is 0.546. The van der Waals surface area contributed by atoms with Crippen LogP contribution >= 0.6 is 0 Å². The first-order chi connectivity index (χ1) is 4.66. The van der Waals surface area contributed by atoms with Gasteiger partial charge in [0.2, 0.25) is 0 Å². The fourth-order valence-electron chi connectivity index (χ4n) is 0.546. The Morgan fingerprint density at radius 1 is 1.50 bits per heavy atom. The summed E-state index contributed by atoms with van der Waals surface area (Å²) in [5.74, 6) is 0. The molecule has 0 spiro atoms. The zero-order chi connectivity index (χ0) is 7.98. The van der Waals surface area contributed by atoms with E-state index in [2.05, 4.69) is 0 Å². The molecule has 0 atom stereocenters. The third-order valence-corrected chi connectivity index (χ3v) is 1.02. The third kappa shape index (κ3) is 5.69. The minimum atomic E-state index is 0.147. The van der Waals surface area contributed by atoms with Gasteiger partial charge in [-0.2, -0.15) is 0 Å². The van der Waals surface area contributed by atoms with Gasteiger partial charge in [0, 0.05) is 16.1 Å². The van der Waals surface area contributed by atoms with Crippen molar-refractivity contribution in [3.05, 3.63) is 4.91 Å². The molecule has 3 heteroatoms. The van der Waals surface area contributed by atoms with Gasteiger partial charge in [0.05, 0.1) is 6.10 Å². The zero-order valence-electron chi connectivity index (χ0n) is 6.96. The van der Waals surface area contributed by atoms with Crippen molar-refractivity contribution in [1.82, 2.24) is 0 Å². The van der Waals surface area contributed by atoms with Crippen LogP contribution in [-0.2, 0) is 4.74 Å². The summed E-state index contributed by atoms with van der Waals surface area (Å²) < 4.78 is 6.00. The molecule has 0 unspecified atom stereocenters. The van der Waals surface area contributed by atoms with E-state index in [1.807, 2.05) is 20.8 Å². The third-order valence-electron chi connectivity index (χ3n) is 1.02. The molecular formula is C7H16NO2+. The molecule has 0 aliphatic rings. The summed E-state index contributed by atoms with van der Waals surface area (Å²) in [7, 11) is 0. The Morgan fingerprint density at radius 3 is 2.50 bits per heavy atom. The van der Waals surface area contributed by atoms with E-state index in [9.17, 15) is 4.91 Å². The van der Waals surface area contributed by atoms with E-state index in [1.165, 1.54) is 0 Å². The zero-order valence-corrected chi connectivity index (χ0v) is 6.96. The Morgan fingerprint density at radius 2 is 2.10 bits per heavy atom. The molecule has 0 aliphatic carbocycles. The second-order valence-corrected chi connectivity index (χ2v) is 2.55. The Kier molecular flexibility index (Phi) is 5.12. The van der Waals surface area contributed by atoms with Gasteiger partial charge in [0.25, 0.3) is 6.73 Å². The normalized spacial score (nSPS) is 10.4. The lowest BCUT2D eigenvalue weighted by atomic mass is 10.5. The average Bonchev–Trinajstić information content (AvgIpc) is 1.85. The molecule has 0 amide bonds. The summed E-state index contributed by atoms with van der Waals surface area (Å²) >= 11 is 0. The fraction of sp³-hybridized carbons (Fsp3) is 1.00. The Labute approximate surface area is 61.9 Å². The quantitative estimate of drug-likeness (QED) is 0.435. The van der Waals surface area contributed by atoms with Gasteiger partial charge in [-0.25, -0.2) is 0 Å². The van der Waals surface area contributed by atoms with Crippen LogP contribution in [0.5, 0.6) is 0 Å². The Bertz CT molecular complexity index is 102. The Hall–Kier alpha value is -0.440. The number of ether oxygens (including phenoxy) is 1. The smallest absolute Gasteiger partial charge is 0.295 e. The van der Waals surface area contributed by atoms with Crippen LogP contribution < -0.4 is 0 Å². The van der Waals surface area contributed by atoms with Crippen molar-refractivity contribution in [1.29, 1.82) is 0 Å². The second kappa shape index (κ2) is 5.35. The number of nitrogens with zero attached hydrogens (tertiary/aromatic N) is 1. The van der Waals surface area contributed by atoms with Crippen LogP contribution in [0.4, 0.5) is 0 Å². The highest BCUT2D eigenvalue weighted by atomic mass is 16.5. The molecule has 0 bridgehead atoms. The lowest BCUT2D eigenvalue weighted by Gasteiger charge is -2.00. The van der Waals surface area contributed by atoms with Gasteiger partial charge in [-0.15, -0.1) is 0 Å². The predicted octanol–water partition coefficient (Wildman–Crippen LogP) is 1.56. The molecule has 60 valence electrons. The first-order valence-corrected chi connectivity index (χ1v) is 3.70. The van der Waals surface area contributed by atoms with E-state index >= 15 is 0 Å². The lowest BCUT2D eigenvalue weighted by molar-refractivity contribution is -0.589. The maximum atomic E-state index is 10.7. The lowest BCUT2D eigenvalue weighted by Crippen LogP contribution is -2.16. The maximum absolute atomic E-state index is 10.7. The molecule has 0 N–H and O–H groups in total. The molecule has 0 radical (unpaired) electrons. The minimum absolute atomic E-state index is 0.147. The van der Waals surface area contributed by atoms with Crippen molar-refractivity contribution >= 4 is 0 Å². The first kappa shape index (κ1) is 9.56. The van der Waals surface area contributed by atoms with Gasteiger partial charge in [0.1, 0.15) is 0 Å². The molecule has 0 rings (SSSR count). The predicted molar refractivity (Wildman–Crippen MR) is 39.9 cm³/mol. The van der Waals surface area contributed by atoms with E-state index in [-0.39, 0.29) is 12.8 Å². The summed E-state index contributed by atoms with van der Waals surface area (Å²) in [5, 5.41) is 0. The summed E-state index contributed by atoms with van der Waals surface area (Å²) in [5.41, 5.74) is 0. The highest BCUT2D eigenvalue weighted by Gasteiger charge is 2.06. The molecule has 0 saturated carbocycles. The average molecular weight is 146 g/mol. The van der Waals surface area contributed by atoms with E-state index in [0.717, 1.165) is 11.2 Å². The van der Waals surface area contributed by atoms with Crippen molar-refractivity contribution in [3.8, 4) is 0 Å². The molecule has 0 fully saturated rings. The van der Waals surface area contributed by atoms with Crippen molar-refractivity contribution in [2.75, 3.05) is 13.3 Å². The Balaban J connectivity index is 3.22. The maximum Gasteiger partial charge on any atom is 0.295 e.